The minimum atomic E-state index is -0.349. The largest absolute Gasteiger partial charge is 0.494 e. The van der Waals surface area contributed by atoms with Gasteiger partial charge >= 0.3 is 0 Å². The smallest absolute Gasteiger partial charge is 0.268 e. The fraction of sp³-hybridized carbons (Fsp3) is 0.231. The number of nitrogens with zero attached hydrogens (tertiary/aromatic N) is 1. The van der Waals surface area contributed by atoms with E-state index >= 15 is 0 Å². The summed E-state index contributed by atoms with van der Waals surface area (Å²) in [7, 11) is 3.17. The second kappa shape index (κ2) is 11.6. The zero-order chi connectivity index (χ0) is 23.6. The number of benzene rings is 2. The first-order valence-electron chi connectivity index (χ1n) is 10.7. The molecule has 0 spiro atoms. The molecule has 7 nitrogen and oxygen atoms in total. The number of carbonyl (C=O) groups excluding carboxylic acids is 1. The number of nitrogens with one attached hydrogen (secondary N) is 1. The average molecular weight is 449 g/mol. The predicted molar refractivity (Wildman–Crippen MR) is 129 cm³/mol. The van der Waals surface area contributed by atoms with Crippen molar-refractivity contribution >= 4 is 17.7 Å². The van der Waals surface area contributed by atoms with E-state index in [-0.39, 0.29) is 17.2 Å². The van der Waals surface area contributed by atoms with E-state index in [9.17, 15) is 9.59 Å². The van der Waals surface area contributed by atoms with Gasteiger partial charge in [-0.1, -0.05) is 24.3 Å². The average Bonchev–Trinajstić information content (AvgIpc) is 2.84. The van der Waals surface area contributed by atoms with E-state index in [0.29, 0.717) is 31.1 Å². The van der Waals surface area contributed by atoms with Crippen molar-refractivity contribution in [3.05, 3.63) is 88.3 Å². The fourth-order valence-corrected chi connectivity index (χ4v) is 3.30. The van der Waals surface area contributed by atoms with Crippen molar-refractivity contribution in [1.82, 2.24) is 9.88 Å². The van der Waals surface area contributed by atoms with Crippen LogP contribution in [-0.2, 0) is 11.2 Å². The molecule has 2 aromatic carbocycles. The highest BCUT2D eigenvalue weighted by Crippen LogP contribution is 2.27. The molecule has 1 N–H and O–H groups in total. The second-order valence-corrected chi connectivity index (χ2v) is 7.14. The molecule has 3 aromatic rings. The van der Waals surface area contributed by atoms with Gasteiger partial charge in [-0.2, -0.15) is 0 Å². The Hall–Kier alpha value is -4.00. The van der Waals surface area contributed by atoms with E-state index in [4.69, 9.17) is 14.2 Å². The van der Waals surface area contributed by atoms with Gasteiger partial charge in [0.25, 0.3) is 11.5 Å². The standard InChI is InChI=1S/C26H28N2O5/c1-4-33-21-11-8-19(9-12-21)17-22(28-16-6-5-7-25(28)29)26(30)27-15-14-20-10-13-23(31-2)24(18-20)32-3/h5-13,16-18H,4,14-15H2,1-3H3,(H,27,30)/b22-17+. The molecule has 7 heteroatoms. The van der Waals surface area contributed by atoms with Gasteiger partial charge in [0, 0.05) is 18.8 Å². The van der Waals surface area contributed by atoms with Gasteiger partial charge in [0.15, 0.2) is 11.5 Å². The topological polar surface area (TPSA) is 78.8 Å². The number of hydrogen-bond acceptors (Lipinski definition) is 5. The predicted octanol–water partition coefficient (Wildman–Crippen LogP) is 3.62. The molecule has 1 heterocycles. The number of aromatic nitrogens is 1. The maximum atomic E-state index is 13.1. The third kappa shape index (κ3) is 6.26. The number of carbonyl (C=O) groups is 1. The summed E-state index contributed by atoms with van der Waals surface area (Å²) in [4.78, 5) is 25.5. The normalized spacial score (nSPS) is 11.1. The lowest BCUT2D eigenvalue weighted by molar-refractivity contribution is -0.115. The van der Waals surface area contributed by atoms with E-state index in [1.807, 2.05) is 49.4 Å². The molecule has 172 valence electrons. The van der Waals surface area contributed by atoms with Crippen LogP contribution in [0.2, 0.25) is 0 Å². The highest BCUT2D eigenvalue weighted by atomic mass is 16.5. The Morgan fingerprint density at radius 3 is 2.42 bits per heavy atom. The van der Waals surface area contributed by atoms with Crippen LogP contribution in [0.4, 0.5) is 0 Å². The molecule has 0 saturated carbocycles. The van der Waals surface area contributed by atoms with Crippen LogP contribution < -0.4 is 25.1 Å². The monoisotopic (exact) mass is 448 g/mol. The Kier molecular flexibility index (Phi) is 8.30. The first kappa shape index (κ1) is 23.7. The van der Waals surface area contributed by atoms with Crippen LogP contribution in [-0.4, -0.2) is 37.8 Å². The maximum Gasteiger partial charge on any atom is 0.268 e. The van der Waals surface area contributed by atoms with Crippen LogP contribution in [0.1, 0.15) is 18.1 Å². The van der Waals surface area contributed by atoms with Crippen molar-refractivity contribution in [1.29, 1.82) is 0 Å². The van der Waals surface area contributed by atoms with E-state index in [0.717, 1.165) is 16.9 Å². The summed E-state index contributed by atoms with van der Waals surface area (Å²) in [6, 6.07) is 17.7. The molecule has 0 fully saturated rings. The molecule has 0 unspecified atom stereocenters. The Labute approximate surface area is 193 Å². The summed E-state index contributed by atoms with van der Waals surface area (Å²) < 4.78 is 17.4. The number of pyridine rings is 1. The van der Waals surface area contributed by atoms with E-state index in [2.05, 4.69) is 5.32 Å². The maximum absolute atomic E-state index is 13.1. The van der Waals surface area contributed by atoms with Gasteiger partial charge in [0.05, 0.1) is 20.8 Å². The number of rotatable bonds is 10. The SMILES string of the molecule is CCOc1ccc(/C=C(\C(=O)NCCc2ccc(OC)c(OC)c2)n2ccccc2=O)cc1. The summed E-state index contributed by atoms with van der Waals surface area (Å²) >= 11 is 0. The van der Waals surface area contributed by atoms with Gasteiger partial charge in [0.2, 0.25) is 0 Å². The molecule has 0 atom stereocenters. The third-order valence-corrected chi connectivity index (χ3v) is 4.96. The van der Waals surface area contributed by atoms with Crippen molar-refractivity contribution in [2.75, 3.05) is 27.4 Å². The Morgan fingerprint density at radius 1 is 1.00 bits per heavy atom. The van der Waals surface area contributed by atoms with Crippen molar-refractivity contribution in [3.63, 3.8) is 0 Å². The molecular weight excluding hydrogens is 420 g/mol. The zero-order valence-corrected chi connectivity index (χ0v) is 19.0. The molecule has 0 radical (unpaired) electrons. The van der Waals surface area contributed by atoms with Gasteiger partial charge in [-0.3, -0.25) is 14.2 Å². The minimum Gasteiger partial charge on any atom is -0.494 e. The molecule has 1 aromatic heterocycles. The fourth-order valence-electron chi connectivity index (χ4n) is 3.30. The molecule has 33 heavy (non-hydrogen) atoms. The van der Waals surface area contributed by atoms with Gasteiger partial charge in [-0.15, -0.1) is 0 Å². The van der Waals surface area contributed by atoms with Crippen LogP contribution in [0.15, 0.2) is 71.7 Å². The number of amides is 1. The van der Waals surface area contributed by atoms with Crippen molar-refractivity contribution < 1.29 is 19.0 Å². The number of methoxy groups -OCH3 is 2. The van der Waals surface area contributed by atoms with E-state index in [1.165, 1.54) is 10.6 Å². The van der Waals surface area contributed by atoms with Crippen LogP contribution in [0.5, 0.6) is 17.2 Å². The summed E-state index contributed by atoms with van der Waals surface area (Å²) in [6.45, 7) is 2.87. The lowest BCUT2D eigenvalue weighted by Gasteiger charge is -2.13. The van der Waals surface area contributed by atoms with Gasteiger partial charge in [-0.05, 0) is 60.9 Å². The third-order valence-electron chi connectivity index (χ3n) is 4.96. The lowest BCUT2D eigenvalue weighted by Crippen LogP contribution is -2.31. The summed E-state index contributed by atoms with van der Waals surface area (Å²) in [5.74, 6) is 1.67. The highest BCUT2D eigenvalue weighted by Gasteiger charge is 2.13. The molecular formula is C26H28N2O5. The molecule has 0 aliphatic heterocycles. The van der Waals surface area contributed by atoms with Gasteiger partial charge in [-0.25, -0.2) is 0 Å². The van der Waals surface area contributed by atoms with E-state index < -0.39 is 0 Å². The van der Waals surface area contributed by atoms with Gasteiger partial charge < -0.3 is 19.5 Å². The highest BCUT2D eigenvalue weighted by molar-refractivity contribution is 6.18. The number of hydrogen-bond donors (Lipinski definition) is 1. The summed E-state index contributed by atoms with van der Waals surface area (Å²) in [5.41, 5.74) is 1.71. The Bertz CT molecular complexity index is 1170. The van der Waals surface area contributed by atoms with Crippen molar-refractivity contribution in [2.45, 2.75) is 13.3 Å². The first-order valence-corrected chi connectivity index (χ1v) is 10.7. The van der Waals surface area contributed by atoms with Crippen LogP contribution >= 0.6 is 0 Å². The van der Waals surface area contributed by atoms with Gasteiger partial charge in [0.1, 0.15) is 11.4 Å². The van der Waals surface area contributed by atoms with Crippen molar-refractivity contribution in [2.24, 2.45) is 0 Å². The second-order valence-electron chi connectivity index (χ2n) is 7.14. The molecule has 0 aliphatic rings. The van der Waals surface area contributed by atoms with Crippen LogP contribution in [0, 0.1) is 0 Å². The molecule has 0 bridgehead atoms. The van der Waals surface area contributed by atoms with Crippen molar-refractivity contribution in [3.8, 4) is 17.2 Å². The lowest BCUT2D eigenvalue weighted by atomic mass is 10.1. The first-order chi connectivity index (χ1) is 16.0. The molecule has 0 aliphatic carbocycles. The Morgan fingerprint density at radius 2 is 1.76 bits per heavy atom. The molecule has 1 amide bonds. The summed E-state index contributed by atoms with van der Waals surface area (Å²) in [5, 5.41) is 2.91. The molecule has 3 rings (SSSR count). The minimum absolute atomic E-state index is 0.233. The zero-order valence-electron chi connectivity index (χ0n) is 19.0. The molecule has 0 saturated heterocycles. The number of ether oxygens (including phenoxy) is 3. The Balaban J connectivity index is 1.78. The quantitative estimate of drug-likeness (QED) is 0.479. The summed E-state index contributed by atoms with van der Waals surface area (Å²) in [6.07, 6.45) is 3.85. The van der Waals surface area contributed by atoms with E-state index in [1.54, 1.807) is 38.6 Å². The van der Waals surface area contributed by atoms with Crippen LogP contribution in [0.25, 0.3) is 11.8 Å². The van der Waals surface area contributed by atoms with Crippen LogP contribution in [0.3, 0.4) is 0 Å².